The molecule has 2 aromatic rings. The number of nitrogens with one attached hydrogen (secondary N) is 1. The van der Waals surface area contributed by atoms with Crippen LogP contribution in [0.3, 0.4) is 0 Å². The minimum absolute atomic E-state index is 0.502. The molecule has 12 heavy (non-hydrogen) atoms. The number of hydrogen-bond acceptors (Lipinski definition) is 4. The summed E-state index contributed by atoms with van der Waals surface area (Å²) in [6.07, 6.45) is 3.29. The van der Waals surface area contributed by atoms with E-state index in [0.717, 1.165) is 11.3 Å². The molecule has 0 atom stereocenters. The molecule has 0 radical (unpaired) electrons. The summed E-state index contributed by atoms with van der Waals surface area (Å²) < 4.78 is 0. The van der Waals surface area contributed by atoms with Gasteiger partial charge in [0.05, 0.1) is 6.20 Å². The molecular formula is C7H7N5. The number of nitrogens with zero attached hydrogens (tertiary/aromatic N) is 3. The Balaban J connectivity index is 2.43. The zero-order chi connectivity index (χ0) is 8.39. The molecule has 3 N–H and O–H groups in total. The summed E-state index contributed by atoms with van der Waals surface area (Å²) in [5.41, 5.74) is 7.09. The Bertz CT molecular complexity index is 350. The fraction of sp³-hybridized carbons (Fsp3) is 0. The van der Waals surface area contributed by atoms with Gasteiger partial charge in [-0.1, -0.05) is 0 Å². The summed E-state index contributed by atoms with van der Waals surface area (Å²) in [5.74, 6) is 0.502. The molecule has 0 aliphatic heterocycles. The van der Waals surface area contributed by atoms with Crippen LogP contribution in [0.4, 0.5) is 5.82 Å². The third-order valence-electron chi connectivity index (χ3n) is 1.50. The highest BCUT2D eigenvalue weighted by Gasteiger charge is 1.99. The number of hydrogen-bond donors (Lipinski definition) is 2. The third-order valence-corrected chi connectivity index (χ3v) is 1.50. The number of H-pyrrole nitrogens is 1. The van der Waals surface area contributed by atoms with E-state index in [1.807, 2.05) is 6.07 Å². The number of pyridine rings is 1. The number of aromatic nitrogens is 4. The van der Waals surface area contributed by atoms with Gasteiger partial charge in [-0.25, -0.2) is 4.98 Å². The molecule has 0 unspecified atom stereocenters. The largest absolute Gasteiger partial charge is 0.384 e. The van der Waals surface area contributed by atoms with E-state index < -0.39 is 0 Å². The summed E-state index contributed by atoms with van der Waals surface area (Å²) in [6, 6.07) is 3.57. The average molecular weight is 161 g/mol. The van der Waals surface area contributed by atoms with Gasteiger partial charge in [-0.15, -0.1) is 0 Å². The quantitative estimate of drug-likeness (QED) is 0.636. The van der Waals surface area contributed by atoms with Crippen LogP contribution in [0, 0.1) is 0 Å². The SMILES string of the molecule is Nc1ccc(-c2cn[nH]n2)cn1. The van der Waals surface area contributed by atoms with Crippen LogP contribution in [0.5, 0.6) is 0 Å². The van der Waals surface area contributed by atoms with Gasteiger partial charge in [0, 0.05) is 11.8 Å². The summed E-state index contributed by atoms with van der Waals surface area (Å²) in [6.45, 7) is 0. The molecule has 5 heteroatoms. The highest BCUT2D eigenvalue weighted by Crippen LogP contribution is 2.13. The van der Waals surface area contributed by atoms with Crippen LogP contribution < -0.4 is 5.73 Å². The molecule has 0 aliphatic rings. The highest BCUT2D eigenvalue weighted by atomic mass is 15.3. The molecule has 0 amide bonds. The van der Waals surface area contributed by atoms with Gasteiger partial charge in [0.25, 0.3) is 0 Å². The summed E-state index contributed by atoms with van der Waals surface area (Å²) in [5, 5.41) is 10.1. The van der Waals surface area contributed by atoms with Crippen LogP contribution in [0.15, 0.2) is 24.5 Å². The predicted octanol–water partition coefficient (Wildman–Crippen LogP) is 0.449. The van der Waals surface area contributed by atoms with E-state index in [1.165, 1.54) is 0 Å². The third kappa shape index (κ3) is 1.12. The first-order valence-electron chi connectivity index (χ1n) is 3.44. The van der Waals surface area contributed by atoms with E-state index >= 15 is 0 Å². The van der Waals surface area contributed by atoms with Crippen LogP contribution in [0.2, 0.25) is 0 Å². The lowest BCUT2D eigenvalue weighted by atomic mass is 10.2. The second-order valence-electron chi connectivity index (χ2n) is 2.33. The lowest BCUT2D eigenvalue weighted by Gasteiger charge is -1.94. The van der Waals surface area contributed by atoms with Crippen LogP contribution in [0.1, 0.15) is 0 Å². The molecule has 0 aromatic carbocycles. The van der Waals surface area contributed by atoms with Crippen molar-refractivity contribution in [1.82, 2.24) is 20.4 Å². The van der Waals surface area contributed by atoms with Crippen molar-refractivity contribution >= 4 is 5.82 Å². The first-order valence-corrected chi connectivity index (χ1v) is 3.44. The molecule has 5 nitrogen and oxygen atoms in total. The minimum Gasteiger partial charge on any atom is -0.384 e. The van der Waals surface area contributed by atoms with E-state index in [-0.39, 0.29) is 0 Å². The number of rotatable bonds is 1. The number of nitrogen functional groups attached to an aromatic ring is 1. The summed E-state index contributed by atoms with van der Waals surface area (Å²) >= 11 is 0. The van der Waals surface area contributed by atoms with Crippen molar-refractivity contribution in [2.45, 2.75) is 0 Å². The molecule has 0 spiro atoms. The Morgan fingerprint density at radius 1 is 1.25 bits per heavy atom. The topological polar surface area (TPSA) is 80.5 Å². The smallest absolute Gasteiger partial charge is 0.123 e. The van der Waals surface area contributed by atoms with Gasteiger partial charge in [-0.2, -0.15) is 15.4 Å². The van der Waals surface area contributed by atoms with E-state index in [2.05, 4.69) is 20.4 Å². The lowest BCUT2D eigenvalue weighted by Crippen LogP contribution is -1.88. The standard InChI is InChI=1S/C7H7N5/c8-7-2-1-5(3-9-7)6-4-10-12-11-6/h1-4H,(H2,8,9)(H,10,11,12). The van der Waals surface area contributed by atoms with E-state index in [4.69, 9.17) is 5.73 Å². The van der Waals surface area contributed by atoms with Crippen molar-refractivity contribution < 1.29 is 0 Å². The van der Waals surface area contributed by atoms with Crippen LogP contribution in [-0.2, 0) is 0 Å². The maximum Gasteiger partial charge on any atom is 0.123 e. The van der Waals surface area contributed by atoms with Crippen molar-refractivity contribution in [3.63, 3.8) is 0 Å². The fourth-order valence-electron chi connectivity index (χ4n) is 0.898. The van der Waals surface area contributed by atoms with E-state index in [0.29, 0.717) is 5.82 Å². The Morgan fingerprint density at radius 3 is 2.75 bits per heavy atom. The first-order chi connectivity index (χ1) is 5.86. The predicted molar refractivity (Wildman–Crippen MR) is 44.0 cm³/mol. The number of nitrogens with two attached hydrogens (primary N) is 1. The molecule has 2 aromatic heterocycles. The maximum atomic E-state index is 5.43. The molecule has 60 valence electrons. The molecule has 0 aliphatic carbocycles. The molecule has 0 fully saturated rings. The zero-order valence-corrected chi connectivity index (χ0v) is 6.23. The van der Waals surface area contributed by atoms with E-state index in [1.54, 1.807) is 18.5 Å². The van der Waals surface area contributed by atoms with Gasteiger partial charge < -0.3 is 5.73 Å². The van der Waals surface area contributed by atoms with Crippen LogP contribution in [-0.4, -0.2) is 20.4 Å². The maximum absolute atomic E-state index is 5.43. The van der Waals surface area contributed by atoms with E-state index in [9.17, 15) is 0 Å². The summed E-state index contributed by atoms with van der Waals surface area (Å²) in [7, 11) is 0. The van der Waals surface area contributed by atoms with Gasteiger partial charge in [-0.3, -0.25) is 0 Å². The highest BCUT2D eigenvalue weighted by molar-refractivity contribution is 5.57. The Morgan fingerprint density at radius 2 is 2.17 bits per heavy atom. The van der Waals surface area contributed by atoms with Crippen molar-refractivity contribution in [2.75, 3.05) is 5.73 Å². The molecule has 0 bridgehead atoms. The molecule has 2 heterocycles. The normalized spacial score (nSPS) is 10.0. The first kappa shape index (κ1) is 6.78. The van der Waals surface area contributed by atoms with Crippen molar-refractivity contribution in [1.29, 1.82) is 0 Å². The average Bonchev–Trinajstić information content (AvgIpc) is 2.58. The Hall–Kier alpha value is -1.91. The van der Waals surface area contributed by atoms with Gasteiger partial charge in [-0.05, 0) is 12.1 Å². The number of anilines is 1. The van der Waals surface area contributed by atoms with Gasteiger partial charge in [0.2, 0.25) is 0 Å². The van der Waals surface area contributed by atoms with Gasteiger partial charge in [0.15, 0.2) is 0 Å². The Kier molecular flexibility index (Phi) is 1.48. The van der Waals surface area contributed by atoms with Crippen LogP contribution in [0.25, 0.3) is 11.3 Å². The second kappa shape index (κ2) is 2.61. The summed E-state index contributed by atoms with van der Waals surface area (Å²) in [4.78, 5) is 3.93. The van der Waals surface area contributed by atoms with Gasteiger partial charge >= 0.3 is 0 Å². The second-order valence-corrected chi connectivity index (χ2v) is 2.33. The van der Waals surface area contributed by atoms with Crippen LogP contribution >= 0.6 is 0 Å². The van der Waals surface area contributed by atoms with Crippen molar-refractivity contribution in [2.24, 2.45) is 0 Å². The minimum atomic E-state index is 0.502. The van der Waals surface area contributed by atoms with Crippen molar-refractivity contribution in [3.05, 3.63) is 24.5 Å². The number of aromatic amines is 1. The fourth-order valence-corrected chi connectivity index (χ4v) is 0.898. The zero-order valence-electron chi connectivity index (χ0n) is 6.23. The monoisotopic (exact) mass is 161 g/mol. The molecule has 0 saturated heterocycles. The molecule has 0 saturated carbocycles. The lowest BCUT2D eigenvalue weighted by molar-refractivity contribution is 0.942. The molecular weight excluding hydrogens is 154 g/mol. The Labute approximate surface area is 68.6 Å². The molecule has 2 rings (SSSR count). The van der Waals surface area contributed by atoms with Crippen molar-refractivity contribution in [3.8, 4) is 11.3 Å². The van der Waals surface area contributed by atoms with Gasteiger partial charge in [0.1, 0.15) is 11.5 Å².